The van der Waals surface area contributed by atoms with Crippen molar-refractivity contribution in [2.24, 2.45) is 0 Å². The zero-order valence-electron chi connectivity index (χ0n) is 11.9. The lowest BCUT2D eigenvalue weighted by atomic mass is 10.2. The van der Waals surface area contributed by atoms with Crippen molar-refractivity contribution in [3.63, 3.8) is 0 Å². The van der Waals surface area contributed by atoms with E-state index in [1.165, 1.54) is 0 Å². The molecule has 0 radical (unpaired) electrons. The van der Waals surface area contributed by atoms with Crippen LogP contribution < -0.4 is 4.90 Å². The Kier molecular flexibility index (Phi) is 3.27. The molecule has 1 aliphatic rings. The van der Waals surface area contributed by atoms with E-state index in [2.05, 4.69) is 36.8 Å². The van der Waals surface area contributed by atoms with Crippen LogP contribution in [0.5, 0.6) is 0 Å². The molecule has 1 aliphatic heterocycles. The average Bonchev–Trinajstić information content (AvgIpc) is 2.99. The van der Waals surface area contributed by atoms with Gasteiger partial charge in [0.2, 0.25) is 0 Å². The minimum Gasteiger partial charge on any atom is -0.361 e. The van der Waals surface area contributed by atoms with Crippen LogP contribution in [0.25, 0.3) is 11.4 Å². The van der Waals surface area contributed by atoms with Gasteiger partial charge in [0.1, 0.15) is 0 Å². The highest BCUT2D eigenvalue weighted by atomic mass is 35.5. The van der Waals surface area contributed by atoms with Gasteiger partial charge in [-0.05, 0) is 6.07 Å². The number of rotatable bonds is 2. The van der Waals surface area contributed by atoms with E-state index in [9.17, 15) is 0 Å². The molecular formula is C16H14ClN5. The van der Waals surface area contributed by atoms with Gasteiger partial charge in [-0.3, -0.25) is 4.98 Å². The third-order valence-electron chi connectivity index (χ3n) is 3.88. The highest BCUT2D eigenvalue weighted by Crippen LogP contribution is 2.29. The number of halogens is 1. The molecule has 0 fully saturated rings. The topological polar surface area (TPSA) is 46.8 Å². The molecule has 110 valence electrons. The summed E-state index contributed by atoms with van der Waals surface area (Å²) in [5.41, 5.74) is 2.09. The van der Waals surface area contributed by atoms with Crippen LogP contribution in [0.2, 0.25) is 5.02 Å². The predicted molar refractivity (Wildman–Crippen MR) is 85.8 cm³/mol. The van der Waals surface area contributed by atoms with E-state index in [0.29, 0.717) is 11.6 Å². The molecule has 4 rings (SSSR count). The molecule has 0 spiro atoms. The molecule has 3 aromatic rings. The minimum absolute atomic E-state index is 0.666. The van der Waals surface area contributed by atoms with E-state index in [4.69, 9.17) is 11.6 Å². The SMILES string of the molecule is Clc1cnccc1N1CCn2c(nnc2-c2ccccc2)C1. The third kappa shape index (κ3) is 2.23. The normalized spacial score (nSPS) is 14.0. The van der Waals surface area contributed by atoms with Gasteiger partial charge >= 0.3 is 0 Å². The Morgan fingerprint density at radius 1 is 1.00 bits per heavy atom. The number of benzene rings is 1. The summed E-state index contributed by atoms with van der Waals surface area (Å²) in [5.74, 6) is 1.88. The standard InChI is InChI=1S/C16H14ClN5/c17-13-10-18-7-6-14(13)21-8-9-22-15(11-21)19-20-16(22)12-4-2-1-3-5-12/h1-7,10H,8-9,11H2. The summed E-state index contributed by atoms with van der Waals surface area (Å²) >= 11 is 6.24. The summed E-state index contributed by atoms with van der Waals surface area (Å²) in [6.45, 7) is 2.41. The molecule has 0 N–H and O–H groups in total. The van der Waals surface area contributed by atoms with Crippen LogP contribution in [-0.2, 0) is 13.1 Å². The van der Waals surface area contributed by atoms with Crippen LogP contribution in [0.4, 0.5) is 5.69 Å². The van der Waals surface area contributed by atoms with Crippen molar-refractivity contribution in [3.05, 3.63) is 59.6 Å². The predicted octanol–water partition coefficient (Wildman–Crippen LogP) is 3.01. The Labute approximate surface area is 133 Å². The van der Waals surface area contributed by atoms with Crippen molar-refractivity contribution >= 4 is 17.3 Å². The van der Waals surface area contributed by atoms with E-state index in [1.54, 1.807) is 12.4 Å². The maximum absolute atomic E-state index is 6.24. The summed E-state index contributed by atoms with van der Waals surface area (Å²) in [6, 6.07) is 12.1. The first-order valence-corrected chi connectivity index (χ1v) is 7.52. The lowest BCUT2D eigenvalue weighted by Gasteiger charge is -2.30. The summed E-state index contributed by atoms with van der Waals surface area (Å²) in [4.78, 5) is 6.25. The summed E-state index contributed by atoms with van der Waals surface area (Å²) in [6.07, 6.45) is 3.43. The van der Waals surface area contributed by atoms with E-state index in [1.807, 2.05) is 24.3 Å². The molecule has 0 aliphatic carbocycles. The summed E-state index contributed by atoms with van der Waals surface area (Å²) in [7, 11) is 0. The summed E-state index contributed by atoms with van der Waals surface area (Å²) < 4.78 is 2.18. The van der Waals surface area contributed by atoms with Gasteiger partial charge in [0, 0.05) is 31.0 Å². The fourth-order valence-corrected chi connectivity index (χ4v) is 3.03. The number of anilines is 1. The first kappa shape index (κ1) is 13.3. The fourth-order valence-electron chi connectivity index (χ4n) is 2.79. The van der Waals surface area contributed by atoms with E-state index < -0.39 is 0 Å². The van der Waals surface area contributed by atoms with Gasteiger partial charge in [0.25, 0.3) is 0 Å². The van der Waals surface area contributed by atoms with Crippen LogP contribution in [0.15, 0.2) is 48.8 Å². The van der Waals surface area contributed by atoms with Crippen molar-refractivity contribution in [1.29, 1.82) is 0 Å². The number of hydrogen-bond donors (Lipinski definition) is 0. The highest BCUT2D eigenvalue weighted by molar-refractivity contribution is 6.33. The Balaban J connectivity index is 1.66. The number of pyridine rings is 1. The van der Waals surface area contributed by atoms with Crippen molar-refractivity contribution in [2.45, 2.75) is 13.1 Å². The molecule has 2 aromatic heterocycles. The second-order valence-electron chi connectivity index (χ2n) is 5.21. The molecule has 0 saturated carbocycles. The molecule has 3 heterocycles. The number of fused-ring (bicyclic) bond motifs is 1. The minimum atomic E-state index is 0.666. The molecule has 22 heavy (non-hydrogen) atoms. The average molecular weight is 312 g/mol. The van der Waals surface area contributed by atoms with Crippen LogP contribution >= 0.6 is 11.6 Å². The van der Waals surface area contributed by atoms with Gasteiger partial charge in [-0.1, -0.05) is 41.9 Å². The molecule has 0 saturated heterocycles. The Hall–Kier alpha value is -2.40. The molecule has 5 nitrogen and oxygen atoms in total. The molecule has 0 unspecified atom stereocenters. The Morgan fingerprint density at radius 2 is 1.86 bits per heavy atom. The number of nitrogens with zero attached hydrogens (tertiary/aromatic N) is 5. The zero-order valence-corrected chi connectivity index (χ0v) is 12.6. The molecule has 6 heteroatoms. The maximum Gasteiger partial charge on any atom is 0.164 e. The Morgan fingerprint density at radius 3 is 2.68 bits per heavy atom. The van der Waals surface area contributed by atoms with Gasteiger partial charge in [-0.2, -0.15) is 0 Å². The van der Waals surface area contributed by atoms with E-state index in [0.717, 1.165) is 36.0 Å². The molecule has 0 bridgehead atoms. The van der Waals surface area contributed by atoms with Gasteiger partial charge in [-0.25, -0.2) is 0 Å². The van der Waals surface area contributed by atoms with Crippen molar-refractivity contribution in [3.8, 4) is 11.4 Å². The smallest absolute Gasteiger partial charge is 0.164 e. The quantitative estimate of drug-likeness (QED) is 0.730. The van der Waals surface area contributed by atoms with Gasteiger partial charge in [-0.15, -0.1) is 10.2 Å². The number of hydrogen-bond acceptors (Lipinski definition) is 4. The lowest BCUT2D eigenvalue weighted by Crippen LogP contribution is -2.34. The van der Waals surface area contributed by atoms with Crippen molar-refractivity contribution in [2.75, 3.05) is 11.4 Å². The third-order valence-corrected chi connectivity index (χ3v) is 4.17. The van der Waals surface area contributed by atoms with Crippen LogP contribution in [0.3, 0.4) is 0 Å². The Bertz CT molecular complexity index is 799. The first-order chi connectivity index (χ1) is 10.8. The second kappa shape index (κ2) is 5.42. The van der Waals surface area contributed by atoms with Crippen LogP contribution in [-0.4, -0.2) is 26.3 Å². The fraction of sp³-hybridized carbons (Fsp3) is 0.188. The lowest BCUT2D eigenvalue weighted by molar-refractivity contribution is 0.563. The number of aromatic nitrogens is 4. The van der Waals surface area contributed by atoms with Crippen LogP contribution in [0.1, 0.15) is 5.82 Å². The second-order valence-corrected chi connectivity index (χ2v) is 5.61. The molecule has 0 amide bonds. The van der Waals surface area contributed by atoms with Crippen molar-refractivity contribution in [1.82, 2.24) is 19.7 Å². The van der Waals surface area contributed by atoms with Crippen molar-refractivity contribution < 1.29 is 0 Å². The molecular weight excluding hydrogens is 298 g/mol. The van der Waals surface area contributed by atoms with Gasteiger partial charge in [0.15, 0.2) is 11.6 Å². The van der Waals surface area contributed by atoms with E-state index in [-0.39, 0.29) is 0 Å². The van der Waals surface area contributed by atoms with E-state index >= 15 is 0 Å². The molecule has 1 aromatic carbocycles. The van der Waals surface area contributed by atoms with Gasteiger partial charge in [0.05, 0.1) is 17.3 Å². The largest absolute Gasteiger partial charge is 0.361 e. The van der Waals surface area contributed by atoms with Crippen LogP contribution in [0, 0.1) is 0 Å². The van der Waals surface area contributed by atoms with Gasteiger partial charge < -0.3 is 9.47 Å². The highest BCUT2D eigenvalue weighted by Gasteiger charge is 2.23. The first-order valence-electron chi connectivity index (χ1n) is 7.15. The maximum atomic E-state index is 6.24. The zero-order chi connectivity index (χ0) is 14.9. The monoisotopic (exact) mass is 311 g/mol. The molecule has 0 atom stereocenters. The summed E-state index contributed by atoms with van der Waals surface area (Å²) in [5, 5.41) is 9.38.